The fourth-order valence-electron chi connectivity index (χ4n) is 3.76. The van der Waals surface area contributed by atoms with Crippen LogP contribution < -0.4 is 14.8 Å². The van der Waals surface area contributed by atoms with E-state index in [0.29, 0.717) is 28.7 Å². The van der Waals surface area contributed by atoms with Gasteiger partial charge in [-0.1, -0.05) is 53.2 Å². The van der Waals surface area contributed by atoms with Crippen molar-refractivity contribution >= 4 is 22.5 Å². The molecule has 0 unspecified atom stereocenters. The molecule has 2 aromatic heterocycles. The largest absolute Gasteiger partial charge is 0.497 e. The number of benzene rings is 3. The molecule has 0 fully saturated rings. The summed E-state index contributed by atoms with van der Waals surface area (Å²) in [4.78, 5) is 17.4. The first-order chi connectivity index (χ1) is 17.0. The molecule has 0 spiro atoms. The van der Waals surface area contributed by atoms with Crippen molar-refractivity contribution < 1.29 is 18.8 Å². The van der Waals surface area contributed by atoms with Crippen LogP contribution in [0.2, 0.25) is 0 Å². The highest BCUT2D eigenvalue weighted by Gasteiger charge is 2.20. The van der Waals surface area contributed by atoms with Crippen LogP contribution in [0.1, 0.15) is 5.56 Å². The number of carbonyl (C=O) groups is 1. The van der Waals surface area contributed by atoms with Crippen molar-refractivity contribution in [1.82, 2.24) is 19.9 Å². The minimum Gasteiger partial charge on any atom is -0.497 e. The van der Waals surface area contributed by atoms with Crippen LogP contribution in [0, 0.1) is 6.92 Å². The topological polar surface area (TPSA) is 104 Å². The summed E-state index contributed by atoms with van der Waals surface area (Å²) in [6, 6.07) is 20.6. The van der Waals surface area contributed by atoms with Crippen LogP contribution in [0.25, 0.3) is 33.9 Å². The molecule has 35 heavy (non-hydrogen) atoms. The van der Waals surface area contributed by atoms with Crippen molar-refractivity contribution in [3.05, 3.63) is 72.3 Å². The molecule has 0 saturated carbocycles. The first-order valence-corrected chi connectivity index (χ1v) is 10.9. The van der Waals surface area contributed by atoms with Crippen molar-refractivity contribution in [2.24, 2.45) is 0 Å². The number of methoxy groups -OCH3 is 2. The molecule has 9 heteroatoms. The van der Waals surface area contributed by atoms with Crippen LogP contribution >= 0.6 is 0 Å². The van der Waals surface area contributed by atoms with E-state index in [9.17, 15) is 4.79 Å². The van der Waals surface area contributed by atoms with Crippen LogP contribution in [-0.2, 0) is 11.3 Å². The number of nitrogens with one attached hydrogen (secondary N) is 1. The SMILES string of the molecule is COc1cc(NC(=O)Cn2nc(-c3nc(-c4ccc(C)cc4)no3)c3ccccc32)cc(OC)c1. The number of nitrogens with zero attached hydrogens (tertiary/aromatic N) is 4. The quantitative estimate of drug-likeness (QED) is 0.368. The molecule has 1 N–H and O–H groups in total. The van der Waals surface area contributed by atoms with Gasteiger partial charge in [-0.05, 0) is 13.0 Å². The number of aryl methyl sites for hydroxylation is 1. The molecule has 0 aliphatic rings. The van der Waals surface area contributed by atoms with Gasteiger partial charge in [-0.25, -0.2) is 0 Å². The molecule has 3 aromatic carbocycles. The number of hydrogen-bond acceptors (Lipinski definition) is 7. The Labute approximate surface area is 201 Å². The van der Waals surface area contributed by atoms with E-state index < -0.39 is 0 Å². The average Bonchev–Trinajstić information content (AvgIpc) is 3.49. The lowest BCUT2D eigenvalue weighted by Gasteiger charge is -2.10. The van der Waals surface area contributed by atoms with Crippen molar-refractivity contribution in [2.75, 3.05) is 19.5 Å². The highest BCUT2D eigenvalue weighted by atomic mass is 16.5. The Kier molecular flexibility index (Phi) is 5.88. The van der Waals surface area contributed by atoms with Crippen molar-refractivity contribution in [2.45, 2.75) is 13.5 Å². The highest BCUT2D eigenvalue weighted by molar-refractivity contribution is 5.95. The van der Waals surface area contributed by atoms with Crippen molar-refractivity contribution in [3.63, 3.8) is 0 Å². The van der Waals surface area contributed by atoms with Crippen LogP contribution in [-0.4, -0.2) is 40.0 Å². The Balaban J connectivity index is 1.43. The minimum atomic E-state index is -0.258. The van der Waals surface area contributed by atoms with E-state index >= 15 is 0 Å². The van der Waals surface area contributed by atoms with Gasteiger partial charge in [0.05, 0.1) is 19.7 Å². The molecule has 0 aliphatic carbocycles. The standard InChI is InChI=1S/C26H23N5O4/c1-16-8-10-17(11-9-16)25-28-26(35-30-25)24-21-6-4-5-7-22(21)31(29-24)15-23(32)27-18-12-19(33-2)14-20(13-18)34-3/h4-14H,15H2,1-3H3,(H,27,32). The van der Waals surface area contributed by atoms with Crippen LogP contribution in [0.3, 0.4) is 0 Å². The Bertz CT molecular complexity index is 1480. The molecule has 2 heterocycles. The molecule has 0 saturated heterocycles. The third-order valence-corrected chi connectivity index (χ3v) is 5.52. The molecular weight excluding hydrogens is 446 g/mol. The number of anilines is 1. The number of para-hydroxylation sites is 1. The van der Waals surface area contributed by atoms with Crippen LogP contribution in [0.4, 0.5) is 5.69 Å². The Hall–Kier alpha value is -4.66. The third kappa shape index (κ3) is 4.56. The molecule has 0 bridgehead atoms. The monoisotopic (exact) mass is 469 g/mol. The summed E-state index contributed by atoms with van der Waals surface area (Å²) in [6.45, 7) is 2.00. The number of fused-ring (bicyclic) bond motifs is 1. The van der Waals surface area contributed by atoms with E-state index in [2.05, 4.69) is 20.6 Å². The van der Waals surface area contributed by atoms with E-state index in [-0.39, 0.29) is 18.3 Å². The number of aromatic nitrogens is 4. The second-order valence-corrected chi connectivity index (χ2v) is 7.96. The average molecular weight is 470 g/mol. The summed E-state index contributed by atoms with van der Waals surface area (Å²) in [5.74, 6) is 1.65. The second-order valence-electron chi connectivity index (χ2n) is 7.96. The van der Waals surface area contributed by atoms with Gasteiger partial charge in [0.25, 0.3) is 5.89 Å². The van der Waals surface area contributed by atoms with Gasteiger partial charge in [-0.3, -0.25) is 9.48 Å². The van der Waals surface area contributed by atoms with Gasteiger partial charge in [0, 0.05) is 34.8 Å². The van der Waals surface area contributed by atoms with Gasteiger partial charge in [-0.15, -0.1) is 0 Å². The summed E-state index contributed by atoms with van der Waals surface area (Å²) < 4.78 is 17.7. The van der Waals surface area contributed by atoms with Gasteiger partial charge in [0.1, 0.15) is 18.0 Å². The van der Waals surface area contributed by atoms with E-state index in [4.69, 9.17) is 14.0 Å². The summed E-state index contributed by atoms with van der Waals surface area (Å²) >= 11 is 0. The predicted octanol–water partition coefficient (Wildman–Crippen LogP) is 4.72. The first-order valence-electron chi connectivity index (χ1n) is 10.9. The maximum absolute atomic E-state index is 12.9. The fraction of sp³-hybridized carbons (Fsp3) is 0.154. The number of ether oxygens (including phenoxy) is 2. The highest BCUT2D eigenvalue weighted by Crippen LogP contribution is 2.29. The zero-order valence-electron chi connectivity index (χ0n) is 19.5. The summed E-state index contributed by atoms with van der Waals surface area (Å²) in [5, 5.41) is 12.4. The molecule has 9 nitrogen and oxygen atoms in total. The number of hydrogen-bond donors (Lipinski definition) is 1. The van der Waals surface area contributed by atoms with E-state index in [0.717, 1.165) is 22.0 Å². The molecular formula is C26H23N5O4. The summed E-state index contributed by atoms with van der Waals surface area (Å²) in [5.41, 5.74) is 3.84. The van der Waals surface area contributed by atoms with Crippen LogP contribution in [0.15, 0.2) is 71.3 Å². The number of amides is 1. The Morgan fingerprint density at radius 2 is 1.71 bits per heavy atom. The van der Waals surface area contributed by atoms with Gasteiger partial charge in [-0.2, -0.15) is 10.1 Å². The van der Waals surface area contributed by atoms with Gasteiger partial charge in [0.15, 0.2) is 5.69 Å². The second kappa shape index (κ2) is 9.30. The molecule has 1 amide bonds. The van der Waals surface area contributed by atoms with Gasteiger partial charge in [0.2, 0.25) is 11.7 Å². The molecule has 0 radical (unpaired) electrons. The lowest BCUT2D eigenvalue weighted by atomic mass is 10.1. The molecule has 5 rings (SSSR count). The van der Waals surface area contributed by atoms with Gasteiger partial charge < -0.3 is 19.3 Å². The van der Waals surface area contributed by atoms with Crippen LogP contribution in [0.5, 0.6) is 11.5 Å². The lowest BCUT2D eigenvalue weighted by molar-refractivity contribution is -0.116. The zero-order valence-corrected chi connectivity index (χ0v) is 19.5. The molecule has 5 aromatic rings. The Morgan fingerprint density at radius 3 is 2.43 bits per heavy atom. The van der Waals surface area contributed by atoms with Crippen molar-refractivity contribution in [1.29, 1.82) is 0 Å². The maximum Gasteiger partial charge on any atom is 0.279 e. The lowest BCUT2D eigenvalue weighted by Crippen LogP contribution is -2.19. The number of rotatable bonds is 7. The zero-order chi connectivity index (χ0) is 24.4. The summed E-state index contributed by atoms with van der Waals surface area (Å²) in [6.07, 6.45) is 0. The van der Waals surface area contributed by atoms with E-state index in [1.165, 1.54) is 0 Å². The van der Waals surface area contributed by atoms with Crippen molar-refractivity contribution in [3.8, 4) is 34.5 Å². The third-order valence-electron chi connectivity index (χ3n) is 5.52. The molecule has 0 atom stereocenters. The first kappa shape index (κ1) is 22.1. The molecule has 176 valence electrons. The Morgan fingerprint density at radius 1 is 1.00 bits per heavy atom. The smallest absolute Gasteiger partial charge is 0.279 e. The van der Waals surface area contributed by atoms with Gasteiger partial charge >= 0.3 is 0 Å². The fourth-order valence-corrected chi connectivity index (χ4v) is 3.76. The minimum absolute atomic E-state index is 0.0149. The van der Waals surface area contributed by atoms with E-state index in [1.54, 1.807) is 37.1 Å². The normalized spacial score (nSPS) is 10.9. The number of carbonyl (C=O) groups excluding carboxylic acids is 1. The summed E-state index contributed by atoms with van der Waals surface area (Å²) in [7, 11) is 3.11. The molecule has 0 aliphatic heterocycles. The van der Waals surface area contributed by atoms with E-state index in [1.807, 2.05) is 55.5 Å². The predicted molar refractivity (Wildman–Crippen MR) is 131 cm³/mol. The maximum atomic E-state index is 12.9.